The van der Waals surface area contributed by atoms with Crippen molar-refractivity contribution in [2.75, 3.05) is 19.8 Å². The van der Waals surface area contributed by atoms with Crippen LogP contribution in [-0.2, 0) is 6.42 Å². The summed E-state index contributed by atoms with van der Waals surface area (Å²) in [7, 11) is 0. The molecular weight excluding hydrogens is 309 g/mol. The molecule has 0 aliphatic heterocycles. The number of nitrogens with two attached hydrogens (primary N) is 1. The van der Waals surface area contributed by atoms with Crippen LogP contribution < -0.4 is 15.2 Å². The Morgan fingerprint density at radius 1 is 0.952 bits per heavy atom. The van der Waals surface area contributed by atoms with E-state index in [0.717, 1.165) is 17.7 Å². The van der Waals surface area contributed by atoms with E-state index in [0.29, 0.717) is 35.6 Å². The molecule has 5 heteroatoms. The molecule has 0 atom stereocenters. The van der Waals surface area contributed by atoms with Gasteiger partial charge < -0.3 is 15.2 Å². The zero-order valence-electron chi connectivity index (χ0n) is 11.5. The van der Waals surface area contributed by atoms with Gasteiger partial charge in [0.25, 0.3) is 0 Å². The highest BCUT2D eigenvalue weighted by Crippen LogP contribution is 2.27. The van der Waals surface area contributed by atoms with Crippen molar-refractivity contribution in [3.63, 3.8) is 0 Å². The Morgan fingerprint density at radius 2 is 1.76 bits per heavy atom. The van der Waals surface area contributed by atoms with Crippen LogP contribution in [0.5, 0.6) is 11.5 Å². The van der Waals surface area contributed by atoms with Crippen LogP contribution in [0.15, 0.2) is 42.5 Å². The Morgan fingerprint density at radius 3 is 2.57 bits per heavy atom. The van der Waals surface area contributed by atoms with Gasteiger partial charge in [-0.3, -0.25) is 0 Å². The third-order valence-electron chi connectivity index (χ3n) is 2.83. The number of ether oxygens (including phenoxy) is 2. The molecule has 0 spiro atoms. The normalized spacial score (nSPS) is 10.4. The smallest absolute Gasteiger partial charge is 0.139 e. The quantitative estimate of drug-likeness (QED) is 0.784. The van der Waals surface area contributed by atoms with Crippen LogP contribution in [0.25, 0.3) is 0 Å². The maximum absolute atomic E-state index is 6.01. The molecule has 112 valence electrons. The first-order chi connectivity index (χ1) is 10.2. The molecule has 0 unspecified atom stereocenters. The summed E-state index contributed by atoms with van der Waals surface area (Å²) < 4.78 is 11.2. The van der Waals surface area contributed by atoms with E-state index in [1.165, 1.54) is 0 Å². The highest BCUT2D eigenvalue weighted by Gasteiger charge is 2.03. The highest BCUT2D eigenvalue weighted by atomic mass is 35.5. The first kappa shape index (κ1) is 16.0. The fourth-order valence-electron chi connectivity index (χ4n) is 1.86. The standard InChI is InChI=1S/C16H17Cl2NO2/c17-13-4-5-15(18)16(11-13)21-9-8-20-14-3-1-2-12(10-14)6-7-19/h1-5,10-11H,6-9,19H2. The van der Waals surface area contributed by atoms with Gasteiger partial charge in [0.05, 0.1) is 5.02 Å². The third kappa shape index (κ3) is 5.12. The van der Waals surface area contributed by atoms with Crippen LogP contribution in [0.4, 0.5) is 0 Å². The lowest BCUT2D eigenvalue weighted by molar-refractivity contribution is 0.217. The second-order valence-corrected chi connectivity index (χ2v) is 5.30. The fourth-order valence-corrected chi connectivity index (χ4v) is 2.19. The van der Waals surface area contributed by atoms with Crippen molar-refractivity contribution in [3.05, 3.63) is 58.1 Å². The largest absolute Gasteiger partial charge is 0.490 e. The molecule has 2 aromatic carbocycles. The van der Waals surface area contributed by atoms with E-state index in [9.17, 15) is 0 Å². The molecule has 2 aromatic rings. The molecule has 2 N–H and O–H groups in total. The van der Waals surface area contributed by atoms with Gasteiger partial charge in [0.1, 0.15) is 24.7 Å². The number of rotatable bonds is 7. The summed E-state index contributed by atoms with van der Waals surface area (Å²) in [5.74, 6) is 1.37. The molecule has 0 fully saturated rings. The molecule has 3 nitrogen and oxygen atoms in total. The topological polar surface area (TPSA) is 44.5 Å². The van der Waals surface area contributed by atoms with Crippen molar-refractivity contribution in [1.29, 1.82) is 0 Å². The minimum Gasteiger partial charge on any atom is -0.490 e. The first-order valence-electron chi connectivity index (χ1n) is 6.68. The number of hydrogen-bond acceptors (Lipinski definition) is 3. The summed E-state index contributed by atoms with van der Waals surface area (Å²) in [5, 5.41) is 1.12. The monoisotopic (exact) mass is 325 g/mol. The minimum atomic E-state index is 0.390. The summed E-state index contributed by atoms with van der Waals surface area (Å²) >= 11 is 11.9. The van der Waals surface area contributed by atoms with E-state index in [-0.39, 0.29) is 0 Å². The Labute approximate surface area is 134 Å². The molecule has 0 radical (unpaired) electrons. The molecule has 0 saturated heterocycles. The molecular formula is C16H17Cl2NO2. The molecule has 0 aliphatic carbocycles. The van der Waals surface area contributed by atoms with E-state index in [2.05, 4.69) is 0 Å². The maximum atomic E-state index is 6.01. The van der Waals surface area contributed by atoms with Crippen LogP contribution in [-0.4, -0.2) is 19.8 Å². The lowest BCUT2D eigenvalue weighted by Crippen LogP contribution is -2.09. The van der Waals surface area contributed by atoms with Crippen LogP contribution in [0.3, 0.4) is 0 Å². The van der Waals surface area contributed by atoms with E-state index in [1.54, 1.807) is 18.2 Å². The van der Waals surface area contributed by atoms with Crippen LogP contribution in [0.2, 0.25) is 10.0 Å². The Kier molecular flexibility index (Phi) is 6.18. The predicted molar refractivity (Wildman–Crippen MR) is 86.7 cm³/mol. The van der Waals surface area contributed by atoms with Gasteiger partial charge in [-0.25, -0.2) is 0 Å². The Bertz CT molecular complexity index is 590. The lowest BCUT2D eigenvalue weighted by Gasteiger charge is -2.10. The van der Waals surface area contributed by atoms with Gasteiger partial charge in [-0.1, -0.05) is 35.3 Å². The van der Waals surface area contributed by atoms with Gasteiger partial charge in [0.2, 0.25) is 0 Å². The maximum Gasteiger partial charge on any atom is 0.139 e. The summed E-state index contributed by atoms with van der Waals surface area (Å²) in [6, 6.07) is 13.0. The van der Waals surface area contributed by atoms with Crippen molar-refractivity contribution in [3.8, 4) is 11.5 Å². The van der Waals surface area contributed by atoms with Gasteiger partial charge in [-0.05, 0) is 42.8 Å². The van der Waals surface area contributed by atoms with Crippen LogP contribution >= 0.6 is 23.2 Å². The average molecular weight is 326 g/mol. The van der Waals surface area contributed by atoms with Crippen molar-refractivity contribution in [2.45, 2.75) is 6.42 Å². The SMILES string of the molecule is NCCc1cccc(OCCOc2cc(Cl)ccc2Cl)c1. The van der Waals surface area contributed by atoms with E-state index >= 15 is 0 Å². The van der Waals surface area contributed by atoms with Crippen molar-refractivity contribution < 1.29 is 9.47 Å². The second-order valence-electron chi connectivity index (χ2n) is 4.46. The van der Waals surface area contributed by atoms with Crippen LogP contribution in [0.1, 0.15) is 5.56 Å². The van der Waals surface area contributed by atoms with Gasteiger partial charge in [-0.2, -0.15) is 0 Å². The molecule has 21 heavy (non-hydrogen) atoms. The summed E-state index contributed by atoms with van der Waals surface area (Å²) in [5.41, 5.74) is 6.70. The van der Waals surface area contributed by atoms with Gasteiger partial charge >= 0.3 is 0 Å². The predicted octanol–water partition coefficient (Wildman–Crippen LogP) is 3.95. The lowest BCUT2D eigenvalue weighted by atomic mass is 10.1. The Balaban J connectivity index is 1.81. The minimum absolute atomic E-state index is 0.390. The fraction of sp³-hybridized carbons (Fsp3) is 0.250. The molecule has 0 aliphatic rings. The first-order valence-corrected chi connectivity index (χ1v) is 7.44. The summed E-state index contributed by atoms with van der Waals surface area (Å²) in [4.78, 5) is 0. The molecule has 2 rings (SSSR count). The average Bonchev–Trinajstić information content (AvgIpc) is 2.48. The molecule has 0 bridgehead atoms. The number of halogens is 2. The summed E-state index contributed by atoms with van der Waals surface area (Å²) in [6.07, 6.45) is 0.839. The molecule has 0 amide bonds. The number of hydrogen-bond donors (Lipinski definition) is 1. The van der Waals surface area contributed by atoms with Crippen molar-refractivity contribution in [1.82, 2.24) is 0 Å². The molecule has 0 saturated carbocycles. The highest BCUT2D eigenvalue weighted by molar-refractivity contribution is 6.34. The van der Waals surface area contributed by atoms with E-state index in [1.807, 2.05) is 24.3 Å². The molecule has 0 aromatic heterocycles. The zero-order valence-corrected chi connectivity index (χ0v) is 13.0. The zero-order chi connectivity index (χ0) is 15.1. The van der Waals surface area contributed by atoms with Crippen LogP contribution in [0, 0.1) is 0 Å². The number of benzene rings is 2. The third-order valence-corrected chi connectivity index (χ3v) is 3.38. The Hall–Kier alpha value is -1.42. The summed E-state index contributed by atoms with van der Waals surface area (Å²) in [6.45, 7) is 1.44. The van der Waals surface area contributed by atoms with Gasteiger partial charge in [0.15, 0.2) is 0 Å². The van der Waals surface area contributed by atoms with E-state index in [4.69, 9.17) is 38.4 Å². The van der Waals surface area contributed by atoms with Gasteiger partial charge in [-0.15, -0.1) is 0 Å². The second kappa shape index (κ2) is 8.13. The van der Waals surface area contributed by atoms with Gasteiger partial charge in [0, 0.05) is 11.1 Å². The van der Waals surface area contributed by atoms with Crippen molar-refractivity contribution in [2.24, 2.45) is 5.73 Å². The van der Waals surface area contributed by atoms with Crippen molar-refractivity contribution >= 4 is 23.2 Å². The van der Waals surface area contributed by atoms with E-state index < -0.39 is 0 Å². The molecule has 0 heterocycles.